The Kier molecular flexibility index (Phi) is 6.68. The number of hydrogen-bond donors (Lipinski definition) is 1. The Morgan fingerprint density at radius 3 is 2.43 bits per heavy atom. The lowest BCUT2D eigenvalue weighted by molar-refractivity contribution is -0.122. The summed E-state index contributed by atoms with van der Waals surface area (Å²) in [4.78, 5) is 40.9. The van der Waals surface area contributed by atoms with Gasteiger partial charge in [-0.05, 0) is 87.4 Å². The van der Waals surface area contributed by atoms with Crippen molar-refractivity contribution in [1.29, 1.82) is 0 Å². The molecule has 1 fully saturated rings. The fourth-order valence-corrected chi connectivity index (χ4v) is 5.66. The molecule has 10 heteroatoms. The zero-order chi connectivity index (χ0) is 25.6. The number of aromatic nitrogens is 1. The molecular formula is C25H22ClN3O4S2. The van der Waals surface area contributed by atoms with E-state index in [1.54, 1.807) is 30.3 Å². The van der Waals surface area contributed by atoms with Gasteiger partial charge >= 0.3 is 5.97 Å². The van der Waals surface area contributed by atoms with Gasteiger partial charge in [0.05, 0.1) is 18.4 Å². The van der Waals surface area contributed by atoms with Crippen LogP contribution in [0.15, 0.2) is 35.9 Å². The minimum Gasteiger partial charge on any atom is -0.465 e. The molecule has 7 nitrogen and oxygen atoms in total. The molecule has 0 aliphatic carbocycles. The zero-order valence-electron chi connectivity index (χ0n) is 19.7. The molecule has 2 aromatic heterocycles. The molecule has 0 unspecified atom stereocenters. The summed E-state index contributed by atoms with van der Waals surface area (Å²) in [5, 5.41) is 3.83. The number of thiophene rings is 1. The van der Waals surface area contributed by atoms with Crippen LogP contribution in [-0.2, 0) is 14.3 Å². The van der Waals surface area contributed by atoms with E-state index in [2.05, 4.69) is 5.32 Å². The zero-order valence-corrected chi connectivity index (χ0v) is 22.1. The van der Waals surface area contributed by atoms with Crippen LogP contribution in [0, 0.1) is 27.7 Å². The third-order valence-electron chi connectivity index (χ3n) is 5.92. The molecule has 3 aromatic rings. The molecule has 3 heterocycles. The molecule has 0 radical (unpaired) electrons. The number of carbonyl (C=O) groups is 3. The van der Waals surface area contributed by atoms with Gasteiger partial charge < -0.3 is 9.30 Å². The number of benzene rings is 1. The number of methoxy groups -OCH3 is 1. The lowest BCUT2D eigenvalue weighted by Gasteiger charge is -2.28. The number of anilines is 1. The number of hydrogen-bond acceptors (Lipinski definition) is 6. The minimum atomic E-state index is -0.576. The highest BCUT2D eigenvalue weighted by Gasteiger charge is 2.35. The van der Waals surface area contributed by atoms with Gasteiger partial charge in [-0.15, -0.1) is 11.3 Å². The van der Waals surface area contributed by atoms with Crippen LogP contribution in [-0.4, -0.2) is 34.6 Å². The van der Waals surface area contributed by atoms with Crippen LogP contribution in [0.1, 0.15) is 37.7 Å². The molecule has 0 bridgehead atoms. The number of thiocarbonyl (C=S) groups is 1. The summed E-state index contributed by atoms with van der Waals surface area (Å²) in [6, 6.07) is 8.47. The molecule has 1 saturated heterocycles. The third-order valence-corrected chi connectivity index (χ3v) is 7.64. The normalized spacial score (nSPS) is 15.1. The number of ether oxygens (including phenoxy) is 1. The van der Waals surface area contributed by atoms with E-state index in [0.717, 1.165) is 26.8 Å². The van der Waals surface area contributed by atoms with E-state index >= 15 is 0 Å². The molecule has 0 saturated carbocycles. The summed E-state index contributed by atoms with van der Waals surface area (Å²) in [5.41, 5.74) is 4.08. The minimum absolute atomic E-state index is 0.00259. The highest BCUT2D eigenvalue weighted by atomic mass is 35.5. The van der Waals surface area contributed by atoms with Gasteiger partial charge in [0, 0.05) is 21.3 Å². The molecule has 1 N–H and O–H groups in total. The Hall–Kier alpha value is -3.27. The van der Waals surface area contributed by atoms with Crippen molar-refractivity contribution in [2.75, 3.05) is 12.0 Å². The van der Waals surface area contributed by atoms with Crippen LogP contribution in [0.25, 0.3) is 11.1 Å². The summed E-state index contributed by atoms with van der Waals surface area (Å²) in [6.07, 6.45) is 1.55. The summed E-state index contributed by atoms with van der Waals surface area (Å²) in [7, 11) is 1.36. The standard InChI is InChI=1S/C25H22ClN3O4S2/c1-12-10-16(14(3)28(12)23-20(24(32)33-5)13(2)15(4)35-23)11-19-21(30)27-25(34)29(22(19)31)18-8-6-17(26)7-9-18/h6-11H,1-5H3,(H,27,30,34)/b19-11+. The highest BCUT2D eigenvalue weighted by Crippen LogP contribution is 2.35. The maximum Gasteiger partial charge on any atom is 0.341 e. The molecule has 35 heavy (non-hydrogen) atoms. The van der Waals surface area contributed by atoms with E-state index in [4.69, 9.17) is 28.6 Å². The van der Waals surface area contributed by atoms with Crippen molar-refractivity contribution in [1.82, 2.24) is 9.88 Å². The third kappa shape index (κ3) is 4.31. The maximum absolute atomic E-state index is 13.3. The predicted octanol–water partition coefficient (Wildman–Crippen LogP) is 5.04. The van der Waals surface area contributed by atoms with Gasteiger partial charge in [-0.1, -0.05) is 11.6 Å². The number of amides is 2. The number of esters is 1. The smallest absolute Gasteiger partial charge is 0.341 e. The number of aryl methyl sites for hydroxylation is 2. The van der Waals surface area contributed by atoms with Gasteiger partial charge in [-0.3, -0.25) is 19.8 Å². The van der Waals surface area contributed by atoms with E-state index in [-0.39, 0.29) is 10.7 Å². The Balaban J connectivity index is 1.81. The quantitative estimate of drug-likeness (QED) is 0.222. The van der Waals surface area contributed by atoms with Crippen LogP contribution in [0.3, 0.4) is 0 Å². The summed E-state index contributed by atoms with van der Waals surface area (Å²) in [5.74, 6) is -1.53. The monoisotopic (exact) mass is 527 g/mol. The second-order valence-electron chi connectivity index (χ2n) is 8.05. The molecule has 0 spiro atoms. The fraction of sp³-hybridized carbons (Fsp3) is 0.200. The Bertz CT molecular complexity index is 1430. The second-order valence-corrected chi connectivity index (χ2v) is 10.1. The lowest BCUT2D eigenvalue weighted by Crippen LogP contribution is -2.54. The summed E-state index contributed by atoms with van der Waals surface area (Å²) in [6.45, 7) is 7.61. The average Bonchev–Trinajstić information content (AvgIpc) is 3.25. The van der Waals surface area contributed by atoms with Gasteiger partial charge in [0.15, 0.2) is 5.11 Å². The van der Waals surface area contributed by atoms with Gasteiger partial charge in [0.25, 0.3) is 11.8 Å². The first-order chi connectivity index (χ1) is 16.5. The first kappa shape index (κ1) is 24.8. The summed E-state index contributed by atoms with van der Waals surface area (Å²) < 4.78 is 6.96. The Morgan fingerprint density at radius 2 is 1.80 bits per heavy atom. The fourth-order valence-electron chi connectivity index (χ4n) is 3.99. The number of halogens is 1. The first-order valence-electron chi connectivity index (χ1n) is 10.6. The van der Waals surface area contributed by atoms with E-state index in [1.165, 1.54) is 23.3 Å². The van der Waals surface area contributed by atoms with E-state index < -0.39 is 17.8 Å². The lowest BCUT2D eigenvalue weighted by atomic mass is 10.1. The molecule has 1 aliphatic heterocycles. The number of nitrogens with zero attached hydrogens (tertiary/aromatic N) is 2. The second kappa shape index (κ2) is 9.41. The molecule has 1 aliphatic rings. The largest absolute Gasteiger partial charge is 0.465 e. The number of nitrogens with one attached hydrogen (secondary N) is 1. The number of carbonyl (C=O) groups excluding carboxylic acids is 3. The Morgan fingerprint density at radius 1 is 1.14 bits per heavy atom. The van der Waals surface area contributed by atoms with Gasteiger partial charge in [-0.25, -0.2) is 4.79 Å². The average molecular weight is 528 g/mol. The van der Waals surface area contributed by atoms with Crippen LogP contribution >= 0.6 is 35.2 Å². The van der Waals surface area contributed by atoms with E-state index in [1.807, 2.05) is 38.3 Å². The molecule has 4 rings (SSSR count). The van der Waals surface area contributed by atoms with Gasteiger partial charge in [0.1, 0.15) is 10.6 Å². The van der Waals surface area contributed by atoms with Crippen LogP contribution < -0.4 is 10.2 Å². The highest BCUT2D eigenvalue weighted by molar-refractivity contribution is 7.80. The van der Waals surface area contributed by atoms with Crippen molar-refractivity contribution in [2.45, 2.75) is 27.7 Å². The predicted molar refractivity (Wildman–Crippen MR) is 142 cm³/mol. The molecule has 1 aromatic carbocycles. The van der Waals surface area contributed by atoms with Crippen LogP contribution in [0.2, 0.25) is 5.02 Å². The summed E-state index contributed by atoms with van der Waals surface area (Å²) >= 11 is 12.7. The maximum atomic E-state index is 13.3. The van der Waals surface area contributed by atoms with Gasteiger partial charge in [0.2, 0.25) is 0 Å². The van der Waals surface area contributed by atoms with Crippen molar-refractivity contribution in [3.8, 4) is 5.00 Å². The first-order valence-corrected chi connectivity index (χ1v) is 12.2. The molecule has 2 amide bonds. The van der Waals surface area contributed by atoms with Gasteiger partial charge in [-0.2, -0.15) is 0 Å². The van der Waals surface area contributed by atoms with Crippen molar-refractivity contribution in [3.63, 3.8) is 0 Å². The van der Waals surface area contributed by atoms with Crippen molar-refractivity contribution < 1.29 is 19.1 Å². The molecular weight excluding hydrogens is 506 g/mol. The van der Waals surface area contributed by atoms with Crippen LogP contribution in [0.4, 0.5) is 5.69 Å². The van der Waals surface area contributed by atoms with Crippen molar-refractivity contribution >= 4 is 69.8 Å². The Labute approximate surface area is 216 Å². The molecule has 0 atom stereocenters. The molecule has 180 valence electrons. The van der Waals surface area contributed by atoms with E-state index in [0.29, 0.717) is 21.8 Å². The van der Waals surface area contributed by atoms with E-state index in [9.17, 15) is 14.4 Å². The topological polar surface area (TPSA) is 80.6 Å². The van der Waals surface area contributed by atoms with Crippen molar-refractivity contribution in [3.05, 3.63) is 73.9 Å². The van der Waals surface area contributed by atoms with Crippen molar-refractivity contribution in [2.24, 2.45) is 0 Å². The van der Waals surface area contributed by atoms with Crippen LogP contribution in [0.5, 0.6) is 0 Å². The number of rotatable bonds is 4. The SMILES string of the molecule is COC(=O)c1c(-n2c(C)cc(/C=C3\C(=O)NC(=S)N(c4ccc(Cl)cc4)C3=O)c2C)sc(C)c1C.